The molecule has 7 heteroatoms. The zero-order chi connectivity index (χ0) is 22.0. The number of aliphatic hydroxyl groups is 1. The molecule has 1 amide bonds. The molecule has 0 aliphatic rings. The first-order chi connectivity index (χ1) is 13.7. The molecular formula is C22H29NO6. The highest BCUT2D eigenvalue weighted by Gasteiger charge is 2.32. The molecule has 3 N–H and O–H groups in total. The molecular weight excluding hydrogens is 374 g/mol. The fraction of sp³-hybridized carbons (Fsp3) is 0.409. The van der Waals surface area contributed by atoms with E-state index in [0.29, 0.717) is 5.57 Å². The van der Waals surface area contributed by atoms with Gasteiger partial charge in [-0.25, -0.2) is 4.79 Å². The number of carbonyl (C=O) groups is 3. The van der Waals surface area contributed by atoms with Crippen LogP contribution in [0.2, 0.25) is 0 Å². The SMILES string of the molecule is CC(C=CC(=O)NC(C(=O)OC(C)C(C)C(=O)O)C(C)c1ccccc1)=CCO. The lowest BCUT2D eigenvalue weighted by Crippen LogP contribution is -2.46. The second-order valence-electron chi connectivity index (χ2n) is 6.92. The molecule has 0 aliphatic heterocycles. The lowest BCUT2D eigenvalue weighted by atomic mass is 9.93. The number of esters is 1. The van der Waals surface area contributed by atoms with Crippen LogP contribution in [0.15, 0.2) is 54.1 Å². The molecule has 29 heavy (non-hydrogen) atoms. The zero-order valence-electron chi connectivity index (χ0n) is 17.2. The van der Waals surface area contributed by atoms with Gasteiger partial charge in [0.15, 0.2) is 0 Å². The van der Waals surface area contributed by atoms with Crippen molar-refractivity contribution in [3.05, 3.63) is 59.7 Å². The summed E-state index contributed by atoms with van der Waals surface area (Å²) in [6.45, 7) is 6.33. The number of aliphatic carboxylic acids is 1. The molecule has 158 valence electrons. The van der Waals surface area contributed by atoms with Crippen LogP contribution in [-0.2, 0) is 19.1 Å². The van der Waals surface area contributed by atoms with Gasteiger partial charge in [0.25, 0.3) is 0 Å². The predicted octanol–water partition coefficient (Wildman–Crippen LogP) is 2.42. The third kappa shape index (κ3) is 7.91. The average molecular weight is 403 g/mol. The minimum absolute atomic E-state index is 0.141. The van der Waals surface area contributed by atoms with E-state index >= 15 is 0 Å². The number of carbonyl (C=O) groups excluding carboxylic acids is 2. The number of carboxylic acids is 1. The van der Waals surface area contributed by atoms with E-state index in [1.165, 1.54) is 32.1 Å². The smallest absolute Gasteiger partial charge is 0.329 e. The van der Waals surface area contributed by atoms with Crippen molar-refractivity contribution in [3.8, 4) is 0 Å². The summed E-state index contributed by atoms with van der Waals surface area (Å²) in [5.41, 5.74) is 1.52. The molecule has 4 unspecified atom stereocenters. The molecule has 0 saturated heterocycles. The van der Waals surface area contributed by atoms with Gasteiger partial charge in [0.1, 0.15) is 12.1 Å². The fourth-order valence-corrected chi connectivity index (χ4v) is 2.52. The van der Waals surface area contributed by atoms with Gasteiger partial charge < -0.3 is 20.3 Å². The molecule has 1 rings (SSSR count). The molecule has 0 saturated carbocycles. The maximum atomic E-state index is 12.8. The van der Waals surface area contributed by atoms with E-state index in [-0.39, 0.29) is 6.61 Å². The highest BCUT2D eigenvalue weighted by Crippen LogP contribution is 2.21. The van der Waals surface area contributed by atoms with E-state index in [2.05, 4.69) is 5.32 Å². The Kier molecular flexibility index (Phi) is 9.82. The first kappa shape index (κ1) is 24.1. The number of amides is 1. The molecule has 1 aromatic carbocycles. The van der Waals surface area contributed by atoms with Crippen LogP contribution in [-0.4, -0.2) is 46.8 Å². The van der Waals surface area contributed by atoms with Crippen LogP contribution in [0, 0.1) is 5.92 Å². The summed E-state index contributed by atoms with van der Waals surface area (Å²) >= 11 is 0. The van der Waals surface area contributed by atoms with Crippen molar-refractivity contribution in [2.45, 2.75) is 45.8 Å². The number of ether oxygens (including phenoxy) is 1. The number of aliphatic hydroxyl groups excluding tert-OH is 1. The molecule has 0 aromatic heterocycles. The van der Waals surface area contributed by atoms with Gasteiger partial charge in [-0.15, -0.1) is 0 Å². The van der Waals surface area contributed by atoms with Crippen molar-refractivity contribution >= 4 is 17.8 Å². The molecule has 1 aromatic rings. The van der Waals surface area contributed by atoms with Gasteiger partial charge in [-0.3, -0.25) is 9.59 Å². The van der Waals surface area contributed by atoms with Crippen molar-refractivity contribution in [2.24, 2.45) is 5.92 Å². The number of nitrogens with one attached hydrogen (secondary N) is 1. The van der Waals surface area contributed by atoms with Crippen molar-refractivity contribution in [1.29, 1.82) is 0 Å². The van der Waals surface area contributed by atoms with E-state index in [4.69, 9.17) is 14.9 Å². The van der Waals surface area contributed by atoms with Gasteiger partial charge in [0.05, 0.1) is 12.5 Å². The Morgan fingerprint density at radius 1 is 1.10 bits per heavy atom. The van der Waals surface area contributed by atoms with E-state index in [1.54, 1.807) is 13.8 Å². The minimum atomic E-state index is -1.07. The lowest BCUT2D eigenvalue weighted by molar-refractivity contribution is -0.159. The summed E-state index contributed by atoms with van der Waals surface area (Å²) in [5, 5.41) is 20.6. The number of carboxylic acid groups (broad SMARTS) is 1. The van der Waals surface area contributed by atoms with Crippen molar-refractivity contribution in [1.82, 2.24) is 5.32 Å². The number of hydrogen-bond donors (Lipinski definition) is 3. The molecule has 0 radical (unpaired) electrons. The normalized spacial score (nSPS) is 16.0. The second kappa shape index (κ2) is 11.8. The first-order valence-electron chi connectivity index (χ1n) is 9.41. The highest BCUT2D eigenvalue weighted by molar-refractivity contribution is 5.92. The predicted molar refractivity (Wildman–Crippen MR) is 109 cm³/mol. The maximum absolute atomic E-state index is 12.8. The first-order valence-corrected chi connectivity index (χ1v) is 9.41. The van der Waals surface area contributed by atoms with Crippen LogP contribution in [0.25, 0.3) is 0 Å². The van der Waals surface area contributed by atoms with E-state index in [9.17, 15) is 14.4 Å². The van der Waals surface area contributed by atoms with E-state index in [1.807, 2.05) is 30.3 Å². The zero-order valence-corrected chi connectivity index (χ0v) is 17.2. The monoisotopic (exact) mass is 403 g/mol. The molecule has 0 heterocycles. The summed E-state index contributed by atoms with van der Waals surface area (Å²) in [5.74, 6) is -3.56. The minimum Gasteiger partial charge on any atom is -0.481 e. The average Bonchev–Trinajstić information content (AvgIpc) is 2.70. The third-order valence-corrected chi connectivity index (χ3v) is 4.68. The fourth-order valence-electron chi connectivity index (χ4n) is 2.52. The molecule has 0 spiro atoms. The Balaban J connectivity index is 3.02. The summed E-state index contributed by atoms with van der Waals surface area (Å²) in [6.07, 6.45) is 3.48. The number of rotatable bonds is 10. The Labute approximate surface area is 171 Å². The van der Waals surface area contributed by atoms with Gasteiger partial charge in [-0.2, -0.15) is 0 Å². The van der Waals surface area contributed by atoms with E-state index in [0.717, 1.165) is 5.56 Å². The molecule has 0 bridgehead atoms. The molecule has 4 atom stereocenters. The lowest BCUT2D eigenvalue weighted by Gasteiger charge is -2.26. The number of allylic oxidation sites excluding steroid dienone is 2. The molecule has 0 aliphatic carbocycles. The molecule has 7 nitrogen and oxygen atoms in total. The van der Waals surface area contributed by atoms with Crippen LogP contribution < -0.4 is 5.32 Å². The van der Waals surface area contributed by atoms with Gasteiger partial charge in [0, 0.05) is 12.0 Å². The van der Waals surface area contributed by atoms with Gasteiger partial charge in [0.2, 0.25) is 5.91 Å². The highest BCUT2D eigenvalue weighted by atomic mass is 16.5. The summed E-state index contributed by atoms with van der Waals surface area (Å²) in [4.78, 5) is 36.2. The van der Waals surface area contributed by atoms with Gasteiger partial charge in [-0.1, -0.05) is 55.0 Å². The summed E-state index contributed by atoms with van der Waals surface area (Å²) in [6, 6.07) is 8.18. The molecule has 0 fully saturated rings. The standard InChI is InChI=1S/C22H29NO6/c1-14(12-13-24)10-11-19(25)23-20(16(3)18-8-6-5-7-9-18)22(28)29-17(4)15(2)21(26)27/h5-12,15-17,20,24H,13H2,1-4H3,(H,23,25)(H,26,27). The topological polar surface area (TPSA) is 113 Å². The Bertz CT molecular complexity index is 756. The number of benzene rings is 1. The van der Waals surface area contributed by atoms with Crippen LogP contribution in [0.3, 0.4) is 0 Å². The van der Waals surface area contributed by atoms with Crippen LogP contribution >= 0.6 is 0 Å². The van der Waals surface area contributed by atoms with Crippen molar-refractivity contribution in [3.63, 3.8) is 0 Å². The van der Waals surface area contributed by atoms with Gasteiger partial charge >= 0.3 is 11.9 Å². The quantitative estimate of drug-likeness (QED) is 0.314. The Morgan fingerprint density at radius 2 is 1.72 bits per heavy atom. The number of hydrogen-bond acceptors (Lipinski definition) is 5. The summed E-state index contributed by atoms with van der Waals surface area (Å²) < 4.78 is 5.34. The largest absolute Gasteiger partial charge is 0.481 e. The van der Waals surface area contributed by atoms with Crippen LogP contribution in [0.5, 0.6) is 0 Å². The van der Waals surface area contributed by atoms with Crippen LogP contribution in [0.4, 0.5) is 0 Å². The third-order valence-electron chi connectivity index (χ3n) is 4.68. The van der Waals surface area contributed by atoms with Gasteiger partial charge in [-0.05, 0) is 26.3 Å². The van der Waals surface area contributed by atoms with E-state index < -0.39 is 41.8 Å². The van der Waals surface area contributed by atoms with Crippen LogP contribution in [0.1, 0.15) is 39.2 Å². The van der Waals surface area contributed by atoms with Crippen molar-refractivity contribution in [2.75, 3.05) is 6.61 Å². The maximum Gasteiger partial charge on any atom is 0.329 e. The Hall–Kier alpha value is -2.93. The van der Waals surface area contributed by atoms with Crippen molar-refractivity contribution < 1.29 is 29.3 Å². The Morgan fingerprint density at radius 3 is 2.28 bits per heavy atom. The summed E-state index contributed by atoms with van der Waals surface area (Å²) in [7, 11) is 0. The second-order valence-corrected chi connectivity index (χ2v) is 6.92.